The molecule has 166 valence electrons. The van der Waals surface area contributed by atoms with Crippen LogP contribution in [0, 0.1) is 11.7 Å². The predicted molar refractivity (Wildman–Crippen MR) is 118 cm³/mol. The van der Waals surface area contributed by atoms with Gasteiger partial charge in [-0.25, -0.2) is 19.2 Å². The van der Waals surface area contributed by atoms with E-state index < -0.39 is 11.9 Å². The maximum atomic E-state index is 14.1. The van der Waals surface area contributed by atoms with Crippen LogP contribution in [0.2, 0.25) is 0 Å². The maximum Gasteiger partial charge on any atom is 0.416 e. The number of aromatic nitrogens is 2. The highest BCUT2D eigenvalue weighted by Crippen LogP contribution is 2.25. The first-order valence-electron chi connectivity index (χ1n) is 10.7. The van der Waals surface area contributed by atoms with Crippen molar-refractivity contribution < 1.29 is 18.7 Å². The quantitative estimate of drug-likeness (QED) is 0.450. The molecule has 1 aliphatic rings. The number of hydrogen-bond donors (Lipinski definition) is 1. The van der Waals surface area contributed by atoms with Gasteiger partial charge in [-0.1, -0.05) is 13.5 Å². The van der Waals surface area contributed by atoms with Gasteiger partial charge in [-0.2, -0.15) is 0 Å². The molecule has 1 aromatic carbocycles. The standard InChI is InChI=1S/C23H29FN4O3/c1-3-17-15-25-22(26-16-17)28-11-9-18(10-12-28)6-5-13-31-19-7-8-21(20(24)14-19)27-23(29)30-4-2/h4,7-8,14-16,18H,2-3,5-6,9-13H2,1H3,(H,27,29). The van der Waals surface area contributed by atoms with Crippen molar-refractivity contribution in [3.63, 3.8) is 0 Å². The van der Waals surface area contributed by atoms with E-state index in [2.05, 4.69) is 38.4 Å². The van der Waals surface area contributed by atoms with Gasteiger partial charge in [-0.3, -0.25) is 5.32 Å². The molecule has 1 aromatic heterocycles. The van der Waals surface area contributed by atoms with Gasteiger partial charge in [0, 0.05) is 31.5 Å². The topological polar surface area (TPSA) is 76.6 Å². The smallest absolute Gasteiger partial charge is 0.416 e. The zero-order valence-corrected chi connectivity index (χ0v) is 17.8. The van der Waals surface area contributed by atoms with Gasteiger partial charge >= 0.3 is 6.09 Å². The predicted octanol–water partition coefficient (Wildman–Crippen LogP) is 4.95. The second kappa shape index (κ2) is 11.3. The number of nitrogens with one attached hydrogen (secondary N) is 1. The monoisotopic (exact) mass is 428 g/mol. The van der Waals surface area contributed by atoms with E-state index >= 15 is 0 Å². The lowest BCUT2D eigenvalue weighted by Crippen LogP contribution is -2.35. The van der Waals surface area contributed by atoms with E-state index in [0.29, 0.717) is 18.3 Å². The van der Waals surface area contributed by atoms with Gasteiger partial charge in [0.2, 0.25) is 5.95 Å². The number of carbonyl (C=O) groups excluding carboxylic acids is 1. The normalized spacial score (nSPS) is 14.2. The van der Waals surface area contributed by atoms with Crippen molar-refractivity contribution in [2.45, 2.75) is 39.0 Å². The number of rotatable bonds is 9. The number of anilines is 2. The van der Waals surface area contributed by atoms with Crippen molar-refractivity contribution in [3.8, 4) is 5.75 Å². The molecule has 1 saturated heterocycles. The Morgan fingerprint density at radius 1 is 1.32 bits per heavy atom. The molecule has 1 aliphatic heterocycles. The minimum absolute atomic E-state index is 0.0271. The highest BCUT2D eigenvalue weighted by molar-refractivity contribution is 5.85. The summed E-state index contributed by atoms with van der Waals surface area (Å²) >= 11 is 0. The van der Waals surface area contributed by atoms with Gasteiger partial charge in [0.25, 0.3) is 0 Å². The molecular weight excluding hydrogens is 399 g/mol. The third-order valence-electron chi connectivity index (χ3n) is 5.39. The Hall–Kier alpha value is -3.16. The van der Waals surface area contributed by atoms with Crippen molar-refractivity contribution in [1.82, 2.24) is 9.97 Å². The van der Waals surface area contributed by atoms with Crippen molar-refractivity contribution in [1.29, 1.82) is 0 Å². The van der Waals surface area contributed by atoms with E-state index in [9.17, 15) is 9.18 Å². The molecule has 0 spiro atoms. The summed E-state index contributed by atoms with van der Waals surface area (Å²) in [6.07, 6.45) is 9.13. The second-order valence-corrected chi connectivity index (χ2v) is 7.50. The minimum Gasteiger partial charge on any atom is -0.493 e. The number of amides is 1. The first-order chi connectivity index (χ1) is 15.1. The molecule has 0 unspecified atom stereocenters. The second-order valence-electron chi connectivity index (χ2n) is 7.50. The van der Waals surface area contributed by atoms with Gasteiger partial charge in [-0.15, -0.1) is 0 Å². The molecule has 0 radical (unpaired) electrons. The highest BCUT2D eigenvalue weighted by Gasteiger charge is 2.20. The average molecular weight is 429 g/mol. The van der Waals surface area contributed by atoms with Crippen molar-refractivity contribution >= 4 is 17.7 Å². The Balaban J connectivity index is 1.36. The van der Waals surface area contributed by atoms with E-state index in [1.54, 1.807) is 6.07 Å². The molecule has 1 N–H and O–H groups in total. The van der Waals surface area contributed by atoms with Crippen molar-refractivity contribution in [2.75, 3.05) is 29.9 Å². The molecule has 0 atom stereocenters. The maximum absolute atomic E-state index is 14.1. The fourth-order valence-electron chi connectivity index (χ4n) is 3.58. The summed E-state index contributed by atoms with van der Waals surface area (Å²) in [7, 11) is 0. The number of nitrogens with zero attached hydrogens (tertiary/aromatic N) is 3. The number of halogens is 1. The zero-order valence-electron chi connectivity index (χ0n) is 17.8. The van der Waals surface area contributed by atoms with E-state index in [0.717, 1.165) is 63.0 Å². The van der Waals surface area contributed by atoms with E-state index in [-0.39, 0.29) is 5.69 Å². The molecule has 2 aromatic rings. The number of hydrogen-bond acceptors (Lipinski definition) is 6. The van der Waals surface area contributed by atoms with Crippen molar-refractivity contribution in [2.24, 2.45) is 5.92 Å². The van der Waals surface area contributed by atoms with Crippen molar-refractivity contribution in [3.05, 3.63) is 54.8 Å². The lowest BCUT2D eigenvalue weighted by Gasteiger charge is -2.32. The summed E-state index contributed by atoms with van der Waals surface area (Å²) in [6, 6.07) is 4.32. The van der Waals surface area contributed by atoms with Gasteiger partial charge in [0.15, 0.2) is 5.82 Å². The molecule has 0 bridgehead atoms. The number of piperidine rings is 1. The average Bonchev–Trinajstić information content (AvgIpc) is 2.79. The molecule has 1 amide bonds. The summed E-state index contributed by atoms with van der Waals surface area (Å²) in [4.78, 5) is 22.5. The van der Waals surface area contributed by atoms with Crippen LogP contribution in [0.1, 0.15) is 38.2 Å². The molecule has 0 aliphatic carbocycles. The van der Waals surface area contributed by atoms with Gasteiger partial charge in [0.1, 0.15) is 5.75 Å². The Labute approximate surface area is 182 Å². The lowest BCUT2D eigenvalue weighted by molar-refractivity contribution is 0.201. The summed E-state index contributed by atoms with van der Waals surface area (Å²) in [5, 5.41) is 2.29. The van der Waals surface area contributed by atoms with Crippen LogP contribution in [0.15, 0.2) is 43.4 Å². The SMILES string of the molecule is C=COC(=O)Nc1ccc(OCCCC2CCN(c3ncc(CC)cn3)CC2)cc1F. The Morgan fingerprint density at radius 2 is 2.06 bits per heavy atom. The Kier molecular flexibility index (Phi) is 8.20. The van der Waals surface area contributed by atoms with Crippen LogP contribution in [0.4, 0.5) is 20.8 Å². The van der Waals surface area contributed by atoms with Crippen LogP contribution in [0.5, 0.6) is 5.75 Å². The molecule has 2 heterocycles. The number of ether oxygens (including phenoxy) is 2. The van der Waals surface area contributed by atoms with Gasteiger partial charge < -0.3 is 14.4 Å². The molecule has 31 heavy (non-hydrogen) atoms. The first kappa shape index (κ1) is 22.5. The summed E-state index contributed by atoms with van der Waals surface area (Å²) < 4.78 is 24.3. The summed E-state index contributed by atoms with van der Waals surface area (Å²) in [5.74, 6) is 1.31. The highest BCUT2D eigenvalue weighted by atomic mass is 19.1. The number of benzene rings is 1. The lowest BCUT2D eigenvalue weighted by atomic mass is 9.92. The zero-order chi connectivity index (χ0) is 22.1. The minimum atomic E-state index is -0.793. The number of carbonyl (C=O) groups is 1. The molecule has 1 fully saturated rings. The van der Waals surface area contributed by atoms with E-state index in [4.69, 9.17) is 4.74 Å². The largest absolute Gasteiger partial charge is 0.493 e. The Bertz CT molecular complexity index is 868. The fourth-order valence-corrected chi connectivity index (χ4v) is 3.58. The van der Waals surface area contributed by atoms with Gasteiger partial charge in [-0.05, 0) is 55.7 Å². The molecular formula is C23H29FN4O3. The van der Waals surface area contributed by atoms with E-state index in [1.807, 2.05) is 12.4 Å². The van der Waals surface area contributed by atoms with Crippen LogP contribution in [-0.2, 0) is 11.2 Å². The van der Waals surface area contributed by atoms with Crippen LogP contribution in [0.25, 0.3) is 0 Å². The Morgan fingerprint density at radius 3 is 2.71 bits per heavy atom. The van der Waals surface area contributed by atoms with Crippen LogP contribution >= 0.6 is 0 Å². The van der Waals surface area contributed by atoms with Crippen LogP contribution in [0.3, 0.4) is 0 Å². The fraction of sp³-hybridized carbons (Fsp3) is 0.435. The first-order valence-corrected chi connectivity index (χ1v) is 10.7. The van der Waals surface area contributed by atoms with Crippen LogP contribution < -0.4 is 15.0 Å². The summed E-state index contributed by atoms with van der Waals surface area (Å²) in [5.41, 5.74) is 1.18. The third-order valence-corrected chi connectivity index (χ3v) is 5.39. The van der Waals surface area contributed by atoms with Gasteiger partial charge in [0.05, 0.1) is 18.6 Å². The molecule has 0 saturated carbocycles. The molecule has 8 heteroatoms. The number of aryl methyl sites for hydroxylation is 1. The third kappa shape index (κ3) is 6.67. The van der Waals surface area contributed by atoms with E-state index in [1.165, 1.54) is 12.1 Å². The molecule has 3 rings (SSSR count). The molecule has 7 nitrogen and oxygen atoms in total. The summed E-state index contributed by atoms with van der Waals surface area (Å²) in [6.45, 7) is 7.82. The van der Waals surface area contributed by atoms with Crippen LogP contribution in [-0.4, -0.2) is 35.8 Å².